The summed E-state index contributed by atoms with van der Waals surface area (Å²) >= 11 is 1.65. The summed E-state index contributed by atoms with van der Waals surface area (Å²) in [6, 6.07) is 9.80. The molecule has 0 unspecified atom stereocenters. The number of nitrogens with zero attached hydrogens (tertiary/aromatic N) is 5. The molecule has 9 heteroatoms. The predicted molar refractivity (Wildman–Crippen MR) is 137 cm³/mol. The number of thiophene rings is 1. The van der Waals surface area contributed by atoms with Gasteiger partial charge in [0.1, 0.15) is 5.82 Å². The summed E-state index contributed by atoms with van der Waals surface area (Å²) in [5.74, 6) is 0.873. The van der Waals surface area contributed by atoms with Crippen LogP contribution in [0, 0.1) is 0 Å². The minimum Gasteiger partial charge on any atom is -0.378 e. The number of anilines is 1. The van der Waals surface area contributed by atoms with Crippen molar-refractivity contribution in [3.05, 3.63) is 53.7 Å². The van der Waals surface area contributed by atoms with Crippen LogP contribution in [0.3, 0.4) is 0 Å². The largest absolute Gasteiger partial charge is 0.378 e. The first-order chi connectivity index (χ1) is 17.0. The van der Waals surface area contributed by atoms with Crippen LogP contribution in [-0.4, -0.2) is 57.2 Å². The average molecular weight is 489 g/mol. The van der Waals surface area contributed by atoms with Gasteiger partial charge in [0.15, 0.2) is 11.4 Å². The van der Waals surface area contributed by atoms with Crippen LogP contribution in [0.4, 0.5) is 5.82 Å². The molecule has 0 aromatic carbocycles. The molecule has 0 atom stereocenters. The molecule has 6 rings (SSSR count). The molecule has 1 saturated heterocycles. The third kappa shape index (κ3) is 4.24. The lowest BCUT2D eigenvalue weighted by molar-refractivity contribution is 0.0783. The molecule has 0 amide bonds. The van der Waals surface area contributed by atoms with Crippen LogP contribution < -0.4 is 10.6 Å². The second kappa shape index (κ2) is 8.82. The van der Waals surface area contributed by atoms with Gasteiger partial charge in [0, 0.05) is 43.9 Å². The molecular weight excluding hydrogens is 460 g/mol. The van der Waals surface area contributed by atoms with Gasteiger partial charge in [0.05, 0.1) is 34.1 Å². The smallest absolute Gasteiger partial charge is 0.165 e. The van der Waals surface area contributed by atoms with Gasteiger partial charge in [-0.05, 0) is 55.3 Å². The van der Waals surface area contributed by atoms with Crippen molar-refractivity contribution in [3.63, 3.8) is 0 Å². The highest BCUT2D eigenvalue weighted by molar-refractivity contribution is 7.13. The number of rotatable bonds is 8. The van der Waals surface area contributed by atoms with Crippen molar-refractivity contribution in [2.24, 2.45) is 5.73 Å². The van der Waals surface area contributed by atoms with Crippen molar-refractivity contribution in [3.8, 4) is 21.8 Å². The number of pyridine rings is 1. The summed E-state index contributed by atoms with van der Waals surface area (Å²) < 4.78 is 7.20. The Kier molecular flexibility index (Phi) is 5.63. The van der Waals surface area contributed by atoms with Gasteiger partial charge in [-0.3, -0.25) is 4.79 Å². The Morgan fingerprint density at radius 3 is 2.80 bits per heavy atom. The van der Waals surface area contributed by atoms with Crippen molar-refractivity contribution in [2.75, 3.05) is 25.1 Å². The van der Waals surface area contributed by atoms with E-state index in [0.717, 1.165) is 60.7 Å². The summed E-state index contributed by atoms with van der Waals surface area (Å²) in [6.07, 6.45) is 8.18. The Labute approximate surface area is 207 Å². The number of nitrogens with two attached hydrogens (primary N) is 1. The minimum atomic E-state index is -0.179. The van der Waals surface area contributed by atoms with Crippen LogP contribution in [0.5, 0.6) is 0 Å². The fourth-order valence-corrected chi connectivity index (χ4v) is 5.45. The highest BCUT2D eigenvalue weighted by Gasteiger charge is 2.33. The Morgan fingerprint density at radius 1 is 1.23 bits per heavy atom. The zero-order chi connectivity index (χ0) is 24.0. The Hall–Kier alpha value is -3.14. The number of carbonyl (C=O) groups excluding carboxylic acids is 1. The topological polar surface area (TPSA) is 98.6 Å². The first kappa shape index (κ1) is 22.3. The summed E-state index contributed by atoms with van der Waals surface area (Å²) in [5, 5.41) is 6.53. The number of methoxy groups -OCH3 is 1. The van der Waals surface area contributed by atoms with E-state index < -0.39 is 0 Å². The quantitative estimate of drug-likeness (QED) is 0.371. The number of Topliss-reactive ketones (excluding diaryl/α,β-unsaturated/α-hetero) is 1. The fraction of sp³-hybridized carbons (Fsp3) is 0.385. The van der Waals surface area contributed by atoms with E-state index in [4.69, 9.17) is 20.4 Å². The van der Waals surface area contributed by atoms with Crippen molar-refractivity contribution in [2.45, 2.75) is 43.7 Å². The number of carbonyl (C=O) groups is 1. The lowest BCUT2D eigenvalue weighted by atomic mass is 9.74. The van der Waals surface area contributed by atoms with Crippen molar-refractivity contribution in [1.82, 2.24) is 19.6 Å². The van der Waals surface area contributed by atoms with Gasteiger partial charge in [-0.25, -0.2) is 14.5 Å². The van der Waals surface area contributed by atoms with E-state index in [2.05, 4.69) is 16.1 Å². The molecule has 4 aromatic rings. The van der Waals surface area contributed by atoms with Crippen LogP contribution >= 0.6 is 11.3 Å². The highest BCUT2D eigenvalue weighted by atomic mass is 32.1. The molecule has 2 N–H and O–H groups in total. The zero-order valence-corrected chi connectivity index (χ0v) is 20.5. The summed E-state index contributed by atoms with van der Waals surface area (Å²) in [5.41, 5.74) is 9.97. The van der Waals surface area contributed by atoms with E-state index in [1.54, 1.807) is 29.2 Å². The van der Waals surface area contributed by atoms with Gasteiger partial charge in [-0.2, -0.15) is 5.10 Å². The maximum Gasteiger partial charge on any atom is 0.165 e. The Morgan fingerprint density at radius 2 is 2.09 bits per heavy atom. The number of ether oxygens (including phenoxy) is 1. The number of hydrogen-bond acceptors (Lipinski definition) is 8. The Balaban J connectivity index is 1.37. The lowest BCUT2D eigenvalue weighted by Crippen LogP contribution is -2.52. The Bertz CT molecular complexity index is 1370. The van der Waals surface area contributed by atoms with Crippen LogP contribution in [-0.2, 0) is 4.74 Å². The molecule has 35 heavy (non-hydrogen) atoms. The van der Waals surface area contributed by atoms with Crippen molar-refractivity contribution in [1.29, 1.82) is 0 Å². The van der Waals surface area contributed by atoms with Crippen molar-refractivity contribution < 1.29 is 9.53 Å². The van der Waals surface area contributed by atoms with Gasteiger partial charge in [-0.15, -0.1) is 11.3 Å². The predicted octanol–water partition coefficient (Wildman–Crippen LogP) is 4.20. The molecule has 0 spiro atoms. The molecule has 1 aliphatic carbocycles. The van der Waals surface area contributed by atoms with Crippen LogP contribution in [0.1, 0.15) is 42.5 Å². The lowest BCUT2D eigenvalue weighted by Gasteiger charge is -2.39. The van der Waals surface area contributed by atoms with Gasteiger partial charge < -0.3 is 15.4 Å². The first-order valence-electron chi connectivity index (χ1n) is 12.0. The molecule has 180 valence electrons. The molecule has 5 heterocycles. The van der Waals surface area contributed by atoms with Gasteiger partial charge in [0.2, 0.25) is 0 Å². The highest BCUT2D eigenvalue weighted by Crippen LogP contribution is 2.35. The maximum atomic E-state index is 13.3. The normalized spacial score (nSPS) is 17.4. The summed E-state index contributed by atoms with van der Waals surface area (Å²) in [4.78, 5) is 26.3. The average Bonchev–Trinajstić information content (AvgIpc) is 3.50. The molecular formula is C26H28N6O2S. The third-order valence-electron chi connectivity index (χ3n) is 7.26. The molecule has 2 aliphatic rings. The minimum absolute atomic E-state index is 0.0964. The molecule has 1 aliphatic heterocycles. The van der Waals surface area contributed by atoms with Crippen LogP contribution in [0.2, 0.25) is 0 Å². The zero-order valence-electron chi connectivity index (χ0n) is 19.7. The number of ketones is 1. The molecule has 0 bridgehead atoms. The van der Waals surface area contributed by atoms with Gasteiger partial charge in [-0.1, -0.05) is 6.07 Å². The van der Waals surface area contributed by atoms with Crippen LogP contribution in [0.15, 0.2) is 48.1 Å². The summed E-state index contributed by atoms with van der Waals surface area (Å²) in [7, 11) is 1.72. The fourth-order valence-electron chi connectivity index (χ4n) is 4.75. The van der Waals surface area contributed by atoms with E-state index in [0.29, 0.717) is 23.3 Å². The number of aromatic nitrogens is 4. The standard InChI is InChI=1S/C26H28N6O2S/c1-34-18-15-31(16-18)24-13-17(22(33)5-9-26(27)7-3-8-26)12-21(29-24)19-14-28-32-10-6-20(30-25(19)32)23-4-2-11-35-23/h2,4,6,10-14,18H,3,5,7-9,15-16,27H2,1H3. The SMILES string of the molecule is COC1CN(c2cc(C(=O)CCC3(N)CCC3)cc(-c3cnn4ccc(-c5cccs5)nc34)n2)C1. The molecule has 8 nitrogen and oxygen atoms in total. The number of hydrogen-bond donors (Lipinski definition) is 1. The summed E-state index contributed by atoms with van der Waals surface area (Å²) in [6.45, 7) is 1.50. The molecule has 0 radical (unpaired) electrons. The first-order valence-corrected chi connectivity index (χ1v) is 12.9. The van der Waals surface area contributed by atoms with E-state index in [-0.39, 0.29) is 17.4 Å². The van der Waals surface area contributed by atoms with E-state index >= 15 is 0 Å². The third-order valence-corrected chi connectivity index (χ3v) is 8.15. The van der Waals surface area contributed by atoms with Crippen LogP contribution in [0.25, 0.3) is 27.5 Å². The molecule has 2 fully saturated rings. The molecule has 1 saturated carbocycles. The number of fused-ring (bicyclic) bond motifs is 1. The second-order valence-electron chi connectivity index (χ2n) is 9.62. The van der Waals surface area contributed by atoms with Crippen molar-refractivity contribution >= 4 is 28.6 Å². The monoisotopic (exact) mass is 488 g/mol. The van der Waals surface area contributed by atoms with E-state index in [9.17, 15) is 4.79 Å². The maximum absolute atomic E-state index is 13.3. The van der Waals surface area contributed by atoms with Gasteiger partial charge >= 0.3 is 0 Å². The second-order valence-corrected chi connectivity index (χ2v) is 10.6. The van der Waals surface area contributed by atoms with E-state index in [1.807, 2.05) is 35.8 Å². The van der Waals surface area contributed by atoms with Gasteiger partial charge in [0.25, 0.3) is 0 Å². The molecule has 4 aromatic heterocycles. The van der Waals surface area contributed by atoms with E-state index in [1.165, 1.54) is 0 Å².